The SMILES string of the molecule is CCCS(=O)(=O)CCC(=O)CCc1cccc(N)c1. The molecule has 0 fully saturated rings. The Bertz CT molecular complexity index is 523. The van der Waals surface area contributed by atoms with Crippen molar-refractivity contribution in [2.75, 3.05) is 17.2 Å². The van der Waals surface area contributed by atoms with Gasteiger partial charge in [0.15, 0.2) is 9.84 Å². The maximum absolute atomic E-state index is 11.7. The zero-order chi connectivity index (χ0) is 14.3. The average Bonchev–Trinajstić information content (AvgIpc) is 2.34. The summed E-state index contributed by atoms with van der Waals surface area (Å²) in [7, 11) is -3.06. The van der Waals surface area contributed by atoms with Gasteiger partial charge in [-0.25, -0.2) is 8.42 Å². The highest BCUT2D eigenvalue weighted by Gasteiger charge is 2.12. The van der Waals surface area contributed by atoms with Crippen molar-refractivity contribution in [1.29, 1.82) is 0 Å². The van der Waals surface area contributed by atoms with E-state index < -0.39 is 9.84 Å². The average molecular weight is 283 g/mol. The standard InChI is InChI=1S/C14H21NO3S/c1-2-9-19(17,18)10-8-14(16)7-6-12-4-3-5-13(15)11-12/h3-5,11H,2,6-10,15H2,1H3. The maximum Gasteiger partial charge on any atom is 0.150 e. The van der Waals surface area contributed by atoms with E-state index in [1.54, 1.807) is 6.07 Å². The van der Waals surface area contributed by atoms with Crippen molar-refractivity contribution in [3.05, 3.63) is 29.8 Å². The minimum Gasteiger partial charge on any atom is -0.399 e. The van der Waals surface area contributed by atoms with E-state index >= 15 is 0 Å². The van der Waals surface area contributed by atoms with Crippen LogP contribution >= 0.6 is 0 Å². The third-order valence-corrected chi connectivity index (χ3v) is 4.71. The van der Waals surface area contributed by atoms with Crippen molar-refractivity contribution in [1.82, 2.24) is 0 Å². The summed E-state index contributed by atoms with van der Waals surface area (Å²) in [5.74, 6) is 0.119. The number of carbonyl (C=O) groups excluding carboxylic acids is 1. The quantitative estimate of drug-likeness (QED) is 0.740. The van der Waals surface area contributed by atoms with Gasteiger partial charge in [-0.2, -0.15) is 0 Å². The van der Waals surface area contributed by atoms with Crippen LogP contribution < -0.4 is 5.73 Å². The molecular formula is C14H21NO3S. The second-order valence-electron chi connectivity index (χ2n) is 4.69. The van der Waals surface area contributed by atoms with Gasteiger partial charge in [-0.15, -0.1) is 0 Å². The van der Waals surface area contributed by atoms with E-state index in [0.717, 1.165) is 5.56 Å². The Balaban J connectivity index is 2.36. The number of carbonyl (C=O) groups is 1. The molecular weight excluding hydrogens is 262 g/mol. The van der Waals surface area contributed by atoms with Crippen molar-refractivity contribution >= 4 is 21.3 Å². The Morgan fingerprint density at radius 2 is 1.95 bits per heavy atom. The number of Topliss-reactive ketones (excluding diaryl/α,β-unsaturated/α-hetero) is 1. The van der Waals surface area contributed by atoms with Gasteiger partial charge < -0.3 is 5.73 Å². The summed E-state index contributed by atoms with van der Waals surface area (Å²) >= 11 is 0. The van der Waals surface area contributed by atoms with Crippen LogP contribution in [0.4, 0.5) is 5.69 Å². The van der Waals surface area contributed by atoms with E-state index in [9.17, 15) is 13.2 Å². The summed E-state index contributed by atoms with van der Waals surface area (Å²) in [5, 5.41) is 0. The van der Waals surface area contributed by atoms with Crippen LogP contribution in [0.15, 0.2) is 24.3 Å². The molecule has 0 saturated carbocycles. The zero-order valence-corrected chi connectivity index (χ0v) is 12.1. The lowest BCUT2D eigenvalue weighted by Crippen LogP contribution is -2.14. The van der Waals surface area contributed by atoms with Crippen molar-refractivity contribution in [3.63, 3.8) is 0 Å². The third kappa shape index (κ3) is 6.38. The lowest BCUT2D eigenvalue weighted by atomic mass is 10.1. The van der Waals surface area contributed by atoms with Crippen LogP contribution in [0.5, 0.6) is 0 Å². The second kappa shape index (κ2) is 7.28. The van der Waals surface area contributed by atoms with E-state index in [2.05, 4.69) is 0 Å². The summed E-state index contributed by atoms with van der Waals surface area (Å²) in [5.41, 5.74) is 7.33. The molecule has 2 N–H and O–H groups in total. The minimum absolute atomic E-state index is 0.0119. The van der Waals surface area contributed by atoms with Crippen molar-refractivity contribution < 1.29 is 13.2 Å². The number of ketones is 1. The molecule has 1 aromatic carbocycles. The summed E-state index contributed by atoms with van der Waals surface area (Å²) in [4.78, 5) is 11.7. The molecule has 0 spiro atoms. The molecule has 0 aliphatic carbocycles. The van der Waals surface area contributed by atoms with Gasteiger partial charge in [-0.1, -0.05) is 19.1 Å². The number of benzene rings is 1. The Morgan fingerprint density at radius 1 is 1.21 bits per heavy atom. The molecule has 0 aliphatic heterocycles. The van der Waals surface area contributed by atoms with E-state index in [1.807, 2.05) is 25.1 Å². The molecule has 0 heterocycles. The van der Waals surface area contributed by atoms with Crippen LogP contribution in [-0.4, -0.2) is 25.7 Å². The van der Waals surface area contributed by atoms with E-state index in [4.69, 9.17) is 5.73 Å². The second-order valence-corrected chi connectivity index (χ2v) is 6.99. The fourth-order valence-corrected chi connectivity index (χ4v) is 3.20. The van der Waals surface area contributed by atoms with Crippen molar-refractivity contribution in [3.8, 4) is 0 Å². The van der Waals surface area contributed by atoms with E-state index in [0.29, 0.717) is 24.9 Å². The largest absolute Gasteiger partial charge is 0.399 e. The predicted octanol–water partition coefficient (Wildman–Crippen LogP) is 1.99. The van der Waals surface area contributed by atoms with Gasteiger partial charge in [0.2, 0.25) is 0 Å². The number of anilines is 1. The van der Waals surface area contributed by atoms with Crippen LogP contribution in [0, 0.1) is 0 Å². The smallest absolute Gasteiger partial charge is 0.150 e. The van der Waals surface area contributed by atoms with Gasteiger partial charge in [-0.3, -0.25) is 4.79 Å². The summed E-state index contributed by atoms with van der Waals surface area (Å²) in [6.45, 7) is 1.82. The Hall–Kier alpha value is -1.36. The van der Waals surface area contributed by atoms with Crippen LogP contribution in [0.3, 0.4) is 0 Å². The zero-order valence-electron chi connectivity index (χ0n) is 11.3. The molecule has 0 amide bonds. The topological polar surface area (TPSA) is 77.2 Å². The number of aryl methyl sites for hydroxylation is 1. The summed E-state index contributed by atoms with van der Waals surface area (Å²) < 4.78 is 23.0. The lowest BCUT2D eigenvalue weighted by molar-refractivity contribution is -0.118. The molecule has 0 atom stereocenters. The van der Waals surface area contributed by atoms with Crippen molar-refractivity contribution in [2.45, 2.75) is 32.6 Å². The first kappa shape index (κ1) is 15.7. The number of hydrogen-bond acceptors (Lipinski definition) is 4. The lowest BCUT2D eigenvalue weighted by Gasteiger charge is -2.04. The number of rotatable bonds is 8. The first-order valence-electron chi connectivity index (χ1n) is 6.49. The monoisotopic (exact) mass is 283 g/mol. The number of nitrogens with two attached hydrogens (primary N) is 1. The highest BCUT2D eigenvalue weighted by Crippen LogP contribution is 2.10. The third-order valence-electron chi connectivity index (χ3n) is 2.85. The molecule has 106 valence electrons. The fraction of sp³-hybridized carbons (Fsp3) is 0.500. The Labute approximate surface area is 114 Å². The van der Waals surface area contributed by atoms with Gasteiger partial charge in [0, 0.05) is 24.3 Å². The molecule has 1 aromatic rings. The highest BCUT2D eigenvalue weighted by molar-refractivity contribution is 7.91. The first-order chi connectivity index (χ1) is 8.93. The number of hydrogen-bond donors (Lipinski definition) is 1. The fourth-order valence-electron chi connectivity index (χ4n) is 1.84. The van der Waals surface area contributed by atoms with Gasteiger partial charge in [-0.05, 0) is 30.5 Å². The molecule has 0 bridgehead atoms. The van der Waals surface area contributed by atoms with Gasteiger partial charge in [0.05, 0.1) is 5.75 Å². The van der Waals surface area contributed by atoms with E-state index in [1.165, 1.54) is 0 Å². The van der Waals surface area contributed by atoms with Crippen LogP contribution in [0.1, 0.15) is 31.7 Å². The molecule has 4 nitrogen and oxygen atoms in total. The molecule has 0 radical (unpaired) electrons. The van der Waals surface area contributed by atoms with E-state index in [-0.39, 0.29) is 23.7 Å². The molecule has 19 heavy (non-hydrogen) atoms. The highest BCUT2D eigenvalue weighted by atomic mass is 32.2. The van der Waals surface area contributed by atoms with Gasteiger partial charge in [0.25, 0.3) is 0 Å². The number of sulfone groups is 1. The van der Waals surface area contributed by atoms with Gasteiger partial charge in [0.1, 0.15) is 5.78 Å². The molecule has 5 heteroatoms. The molecule has 0 aliphatic rings. The van der Waals surface area contributed by atoms with Crippen LogP contribution in [0.25, 0.3) is 0 Å². The Morgan fingerprint density at radius 3 is 2.58 bits per heavy atom. The summed E-state index contributed by atoms with van der Waals surface area (Å²) in [6.07, 6.45) is 1.69. The molecule has 0 aromatic heterocycles. The number of nitrogen functional groups attached to an aromatic ring is 1. The molecule has 1 rings (SSSR count). The van der Waals surface area contributed by atoms with Gasteiger partial charge >= 0.3 is 0 Å². The summed E-state index contributed by atoms with van der Waals surface area (Å²) in [6, 6.07) is 7.39. The van der Waals surface area contributed by atoms with Crippen LogP contribution in [0.2, 0.25) is 0 Å². The molecule has 0 saturated heterocycles. The predicted molar refractivity (Wildman–Crippen MR) is 77.7 cm³/mol. The Kier molecular flexibility index (Phi) is 6.02. The van der Waals surface area contributed by atoms with Crippen LogP contribution in [-0.2, 0) is 21.1 Å². The molecule has 0 unspecified atom stereocenters. The first-order valence-corrected chi connectivity index (χ1v) is 8.31. The normalized spacial score (nSPS) is 11.4. The minimum atomic E-state index is -3.06. The maximum atomic E-state index is 11.7. The van der Waals surface area contributed by atoms with Crippen molar-refractivity contribution in [2.24, 2.45) is 0 Å².